The molecule has 3 nitrogen and oxygen atoms in total. The number of nitrogens with zero attached hydrogens (tertiary/aromatic N) is 2. The molecule has 13 heavy (non-hydrogen) atoms. The number of hydrogen-bond acceptors (Lipinski definition) is 2. The van der Waals surface area contributed by atoms with E-state index in [9.17, 15) is 0 Å². The number of hydrogen-bond donors (Lipinski definition) is 1. The fourth-order valence-electron chi connectivity index (χ4n) is 2.14. The third-order valence-electron chi connectivity index (χ3n) is 2.97. The molecule has 1 heterocycles. The van der Waals surface area contributed by atoms with Gasteiger partial charge in [-0.1, -0.05) is 0 Å². The Labute approximate surface area is 78.9 Å². The van der Waals surface area contributed by atoms with Crippen LogP contribution >= 0.6 is 0 Å². The van der Waals surface area contributed by atoms with Crippen molar-refractivity contribution in [3.63, 3.8) is 0 Å². The first-order chi connectivity index (χ1) is 6.09. The van der Waals surface area contributed by atoms with Crippen LogP contribution in [0, 0.1) is 12.8 Å². The van der Waals surface area contributed by atoms with E-state index in [0.29, 0.717) is 17.9 Å². The van der Waals surface area contributed by atoms with Crippen LogP contribution in [0.15, 0.2) is 6.20 Å². The second-order valence-electron chi connectivity index (χ2n) is 4.21. The highest BCUT2D eigenvalue weighted by atomic mass is 15.2. The highest BCUT2D eigenvalue weighted by Gasteiger charge is 2.42. The summed E-state index contributed by atoms with van der Waals surface area (Å²) in [5, 5.41) is 4.34. The number of rotatable bonds is 2. The van der Waals surface area contributed by atoms with Crippen molar-refractivity contribution in [2.24, 2.45) is 18.7 Å². The van der Waals surface area contributed by atoms with Gasteiger partial charge in [-0.2, -0.15) is 5.10 Å². The summed E-state index contributed by atoms with van der Waals surface area (Å²) in [6, 6.07) is 0.324. The minimum atomic E-state index is 0.324. The molecule has 1 aliphatic carbocycles. The Kier molecular flexibility index (Phi) is 1.91. The van der Waals surface area contributed by atoms with Crippen LogP contribution in [0.3, 0.4) is 0 Å². The van der Waals surface area contributed by atoms with Gasteiger partial charge in [0.1, 0.15) is 0 Å². The number of aryl methyl sites for hydroxylation is 2. The average molecular weight is 179 g/mol. The van der Waals surface area contributed by atoms with E-state index < -0.39 is 0 Å². The minimum absolute atomic E-state index is 0.324. The van der Waals surface area contributed by atoms with Crippen LogP contribution in [0.5, 0.6) is 0 Å². The van der Waals surface area contributed by atoms with Crippen LogP contribution in [-0.4, -0.2) is 15.8 Å². The predicted octanol–water partition coefficient (Wildman–Crippen LogP) is 1.18. The number of aromatic nitrogens is 2. The van der Waals surface area contributed by atoms with Gasteiger partial charge in [-0.25, -0.2) is 0 Å². The van der Waals surface area contributed by atoms with Gasteiger partial charge in [0, 0.05) is 19.3 Å². The van der Waals surface area contributed by atoms with E-state index in [1.165, 1.54) is 12.0 Å². The average Bonchev–Trinajstić information content (AvgIpc) is 2.73. The lowest BCUT2D eigenvalue weighted by molar-refractivity contribution is 0.631. The zero-order valence-corrected chi connectivity index (χ0v) is 8.49. The first-order valence-corrected chi connectivity index (χ1v) is 4.85. The van der Waals surface area contributed by atoms with E-state index in [2.05, 4.69) is 25.1 Å². The molecule has 0 spiro atoms. The van der Waals surface area contributed by atoms with E-state index in [-0.39, 0.29) is 0 Å². The van der Waals surface area contributed by atoms with Gasteiger partial charge in [0.25, 0.3) is 0 Å². The molecule has 1 saturated carbocycles. The van der Waals surface area contributed by atoms with E-state index in [1.54, 1.807) is 0 Å². The Balaban J connectivity index is 2.15. The SMILES string of the molecule is Cc1nn(C)cc1C1CC1C(C)N. The van der Waals surface area contributed by atoms with Crippen molar-refractivity contribution in [3.05, 3.63) is 17.5 Å². The van der Waals surface area contributed by atoms with E-state index in [0.717, 1.165) is 5.69 Å². The van der Waals surface area contributed by atoms with Crippen molar-refractivity contribution in [1.29, 1.82) is 0 Å². The fraction of sp³-hybridized carbons (Fsp3) is 0.700. The topological polar surface area (TPSA) is 43.8 Å². The first kappa shape index (κ1) is 8.75. The maximum atomic E-state index is 5.86. The van der Waals surface area contributed by atoms with Crippen LogP contribution < -0.4 is 5.73 Å². The van der Waals surface area contributed by atoms with Crippen molar-refractivity contribution in [1.82, 2.24) is 9.78 Å². The molecule has 2 N–H and O–H groups in total. The zero-order valence-electron chi connectivity index (χ0n) is 8.49. The van der Waals surface area contributed by atoms with Gasteiger partial charge >= 0.3 is 0 Å². The zero-order chi connectivity index (χ0) is 9.59. The summed E-state index contributed by atoms with van der Waals surface area (Å²) in [5.74, 6) is 1.36. The molecule has 2 rings (SSSR count). The van der Waals surface area contributed by atoms with Crippen molar-refractivity contribution >= 4 is 0 Å². The van der Waals surface area contributed by atoms with E-state index in [4.69, 9.17) is 5.73 Å². The van der Waals surface area contributed by atoms with Gasteiger partial charge in [-0.15, -0.1) is 0 Å². The van der Waals surface area contributed by atoms with E-state index >= 15 is 0 Å². The summed E-state index contributed by atoms with van der Waals surface area (Å²) in [7, 11) is 1.97. The molecular formula is C10H17N3. The first-order valence-electron chi connectivity index (χ1n) is 4.85. The molecule has 0 radical (unpaired) electrons. The standard InChI is InChI=1S/C10H17N3/c1-6(11)8-4-9(8)10-5-13(3)12-7(10)2/h5-6,8-9H,4,11H2,1-3H3. The highest BCUT2D eigenvalue weighted by molar-refractivity contribution is 5.27. The minimum Gasteiger partial charge on any atom is -0.328 e. The molecule has 0 bridgehead atoms. The molecule has 3 atom stereocenters. The van der Waals surface area contributed by atoms with E-state index in [1.807, 2.05) is 11.7 Å². The molecular weight excluding hydrogens is 162 g/mol. The van der Waals surface area contributed by atoms with Crippen molar-refractivity contribution in [2.45, 2.75) is 32.2 Å². The van der Waals surface area contributed by atoms with Gasteiger partial charge in [-0.05, 0) is 37.7 Å². The normalized spacial score (nSPS) is 28.9. The van der Waals surface area contributed by atoms with Gasteiger partial charge in [0.15, 0.2) is 0 Å². The van der Waals surface area contributed by atoms with Gasteiger partial charge in [-0.3, -0.25) is 4.68 Å². The summed E-state index contributed by atoms with van der Waals surface area (Å²) >= 11 is 0. The maximum absolute atomic E-state index is 5.86. The van der Waals surface area contributed by atoms with Crippen molar-refractivity contribution in [3.8, 4) is 0 Å². The Hall–Kier alpha value is -0.830. The number of nitrogens with two attached hydrogens (primary N) is 1. The third kappa shape index (κ3) is 1.48. The van der Waals surface area contributed by atoms with Crippen LogP contribution in [-0.2, 0) is 7.05 Å². The van der Waals surface area contributed by atoms with Crippen LogP contribution in [0.4, 0.5) is 0 Å². The van der Waals surface area contributed by atoms with Crippen molar-refractivity contribution < 1.29 is 0 Å². The summed E-state index contributed by atoms with van der Waals surface area (Å²) in [6.07, 6.45) is 3.37. The molecule has 0 aromatic carbocycles. The lowest BCUT2D eigenvalue weighted by Gasteiger charge is -2.01. The third-order valence-corrected chi connectivity index (χ3v) is 2.97. The maximum Gasteiger partial charge on any atom is 0.0628 e. The lowest BCUT2D eigenvalue weighted by Crippen LogP contribution is -2.17. The van der Waals surface area contributed by atoms with Gasteiger partial charge < -0.3 is 5.73 Å². The predicted molar refractivity (Wildman–Crippen MR) is 52.4 cm³/mol. The van der Waals surface area contributed by atoms with Crippen LogP contribution in [0.25, 0.3) is 0 Å². The summed E-state index contributed by atoms with van der Waals surface area (Å²) in [6.45, 7) is 4.17. The Morgan fingerprint density at radius 1 is 1.69 bits per heavy atom. The monoisotopic (exact) mass is 179 g/mol. The molecule has 1 aromatic rings. The van der Waals surface area contributed by atoms with Crippen molar-refractivity contribution in [2.75, 3.05) is 0 Å². The Morgan fingerprint density at radius 3 is 2.77 bits per heavy atom. The molecule has 1 aliphatic rings. The molecule has 3 unspecified atom stereocenters. The summed E-state index contributed by atoms with van der Waals surface area (Å²) in [4.78, 5) is 0. The quantitative estimate of drug-likeness (QED) is 0.741. The largest absolute Gasteiger partial charge is 0.328 e. The lowest BCUT2D eigenvalue weighted by atomic mass is 10.1. The Bertz CT molecular complexity index is 314. The summed E-state index contributed by atoms with van der Waals surface area (Å²) < 4.78 is 1.89. The molecule has 72 valence electrons. The second kappa shape index (κ2) is 2.84. The molecule has 0 aliphatic heterocycles. The molecule has 1 fully saturated rings. The van der Waals surface area contributed by atoms with Gasteiger partial charge in [0.2, 0.25) is 0 Å². The molecule has 3 heteroatoms. The molecule has 1 aromatic heterocycles. The van der Waals surface area contributed by atoms with Gasteiger partial charge in [0.05, 0.1) is 5.69 Å². The molecule has 0 saturated heterocycles. The van der Waals surface area contributed by atoms with Crippen LogP contribution in [0.2, 0.25) is 0 Å². The second-order valence-corrected chi connectivity index (χ2v) is 4.21. The summed E-state index contributed by atoms with van der Waals surface area (Å²) in [5.41, 5.74) is 8.41. The fourth-order valence-corrected chi connectivity index (χ4v) is 2.14. The molecule has 0 amide bonds. The van der Waals surface area contributed by atoms with Crippen LogP contribution in [0.1, 0.15) is 30.5 Å². The Morgan fingerprint density at radius 2 is 2.38 bits per heavy atom. The smallest absolute Gasteiger partial charge is 0.0628 e. The highest BCUT2D eigenvalue weighted by Crippen LogP contribution is 2.49.